The van der Waals surface area contributed by atoms with Gasteiger partial charge in [0, 0.05) is 74.8 Å². The number of hydrogen-bond acceptors (Lipinski definition) is 23. The first-order valence-electron chi connectivity index (χ1n) is 38.6. The largest absolute Gasteiger partial charge is 0.492 e. The summed E-state index contributed by atoms with van der Waals surface area (Å²) in [6, 6.07) is 5.74. The first-order chi connectivity index (χ1) is 56.9. The first kappa shape index (κ1) is 96.0. The summed E-state index contributed by atoms with van der Waals surface area (Å²) in [6.07, 6.45) is -6.99. The summed E-state index contributed by atoms with van der Waals surface area (Å²) in [5.74, 6) is -20.4. The molecule has 0 saturated carbocycles. The Balaban J connectivity index is 1.46. The standard InChI is InChI=1S/C78H106N20O21S/c1-40(99)65-76(117)94-57(35-46-38-86-49-13-7-6-12-48(46)49)72(113)89-50(20-23-60(81)101)67(108)95-59(39-120-31-26-53(87-41(2)100)69(110)88-51(70(111)97-65)21-24-61(82)102)74(115)91-55(33-42-15-18-47(19-16-42)119-30-29-80)71(112)92-56(34-43-14-17-44-10-4-5-11-45(44)32-43)75(116)98-78(3,27-8-9-28-79)77(118)96-52(22-25-64(105)106)68(109)93-58(37-63(84)104)73(114)90-54(66(85)107)36-62(83)103/h4-7,10-19,32,38,40,50-59,65,86,99H,8-9,20-31,33-37,39,79-80H2,1-3H3,(H2,81,101)(H2,82,102)(H2,83,103)(H2,84,104)(H2,85,107)(H,87,100)(H,88,110)(H,89,113)(H,90,114)(H,91,115)(H,92,112)(H,93,109)(H,94,117)(H,95,108)(H,96,118)(H,97,111)(H,98,116)(H,105,106)/t40-,50+,51+,52+,53+,54+,55+,56+,57+,58+,59+,65+,78+/m1/s1. The number of aliphatic hydroxyl groups is 1. The summed E-state index contributed by atoms with van der Waals surface area (Å²) < 4.78 is 5.71. The van der Waals surface area contributed by atoms with E-state index in [1.54, 1.807) is 79.0 Å². The second kappa shape index (κ2) is 46.9. The second-order valence-electron chi connectivity index (χ2n) is 29.0. The van der Waals surface area contributed by atoms with Gasteiger partial charge < -0.3 is 124 Å². The lowest BCUT2D eigenvalue weighted by atomic mass is 9.91. The van der Waals surface area contributed by atoms with E-state index in [1.807, 2.05) is 6.07 Å². The normalized spacial score (nSPS) is 18.9. The Bertz CT molecular complexity index is 4550. The Hall–Kier alpha value is -12.8. The van der Waals surface area contributed by atoms with Crippen molar-refractivity contribution in [3.05, 3.63) is 114 Å². The molecule has 2 heterocycles. The molecule has 13 atom stereocenters. The molecule has 5 aromatic rings. The van der Waals surface area contributed by atoms with Gasteiger partial charge in [0.1, 0.15) is 84.4 Å². The van der Waals surface area contributed by atoms with Crippen LogP contribution in [0.5, 0.6) is 5.75 Å². The molecular formula is C78H106N20O21S. The minimum absolute atomic E-state index is 0.0603. The minimum Gasteiger partial charge on any atom is -0.492 e. The van der Waals surface area contributed by atoms with Crippen LogP contribution in [-0.2, 0) is 106 Å². The maximum absolute atomic E-state index is 15.7. The number of carboxylic acids is 1. The monoisotopic (exact) mass is 1690 g/mol. The minimum atomic E-state index is -2.15. The third-order valence-corrected chi connectivity index (χ3v) is 20.3. The number of aromatic amines is 1. The highest BCUT2D eigenvalue weighted by molar-refractivity contribution is 7.99. The van der Waals surface area contributed by atoms with Crippen molar-refractivity contribution in [3.63, 3.8) is 0 Å². The number of para-hydroxylation sites is 1. The SMILES string of the molecule is CC(=O)N[C@H]1CCSC[C@@H](C(=O)N[C@@H](Cc2ccc(OCCN)cc2)C(=O)N[C@@H](Cc2ccc3ccccc3c2)C(=O)N[C@@](C)(CCCCN)C(=O)N[C@@H](CCC(=O)O)C(=O)N[C@@H](CC(N)=O)C(=O)N[C@@H](CC(N)=O)C(N)=O)NC(=O)[C@H](CCC(N)=O)NC(=O)[C@H](Cc2c[nH]c3ccccc23)NC(=O)[C@H]([C@@H](C)O)NC(=O)[C@H](CCC(N)=O)NC1=O. The lowest BCUT2D eigenvalue weighted by Gasteiger charge is -2.34. The number of aliphatic hydroxyl groups excluding tert-OH is 1. The summed E-state index contributed by atoms with van der Waals surface area (Å²) in [5, 5.41) is 53.0. The van der Waals surface area contributed by atoms with Gasteiger partial charge in [-0.1, -0.05) is 72.8 Å². The highest BCUT2D eigenvalue weighted by atomic mass is 32.2. The van der Waals surface area contributed by atoms with Crippen LogP contribution in [0.3, 0.4) is 0 Å². The summed E-state index contributed by atoms with van der Waals surface area (Å²) >= 11 is 0.902. The van der Waals surface area contributed by atoms with E-state index < -0.39 is 248 Å². The van der Waals surface area contributed by atoms with Crippen LogP contribution < -0.4 is 109 Å². The van der Waals surface area contributed by atoms with Gasteiger partial charge in [-0.05, 0) is 117 Å². The third kappa shape index (κ3) is 30.9. The molecule has 120 heavy (non-hydrogen) atoms. The lowest BCUT2D eigenvalue weighted by Crippen LogP contribution is -2.64. The van der Waals surface area contributed by atoms with E-state index in [4.69, 9.17) is 44.9 Å². The number of nitrogens with two attached hydrogens (primary N) is 7. The number of hydrogen-bond donors (Lipinski definition) is 22. The van der Waals surface area contributed by atoms with Gasteiger partial charge in [0.25, 0.3) is 0 Å². The molecule has 0 spiro atoms. The summed E-state index contributed by atoms with van der Waals surface area (Å²) in [7, 11) is 0. The second-order valence-corrected chi connectivity index (χ2v) is 30.2. The molecule has 0 radical (unpaired) electrons. The van der Waals surface area contributed by atoms with Gasteiger partial charge in [-0.15, -0.1) is 0 Å². The molecule has 1 aliphatic heterocycles. The zero-order valence-corrected chi connectivity index (χ0v) is 67.2. The Labute approximate surface area is 693 Å². The van der Waals surface area contributed by atoms with Crippen molar-refractivity contribution in [2.24, 2.45) is 40.1 Å². The summed E-state index contributed by atoms with van der Waals surface area (Å²) in [4.78, 5) is 252. The third-order valence-electron chi connectivity index (χ3n) is 19.3. The molecule has 29 N–H and O–H groups in total. The fraction of sp³-hybridized carbons (Fsp3) is 0.462. The molecule has 650 valence electrons. The topological polar surface area (TPSA) is 699 Å². The molecule has 42 heteroatoms. The number of H-pyrrole nitrogens is 1. The molecule has 17 amide bonds. The number of nitrogens with one attached hydrogen (secondary N) is 13. The zero-order valence-electron chi connectivity index (χ0n) is 66.4. The van der Waals surface area contributed by atoms with Gasteiger partial charge in [-0.2, -0.15) is 11.8 Å². The number of amides is 17. The van der Waals surface area contributed by atoms with Crippen molar-refractivity contribution in [1.29, 1.82) is 0 Å². The number of benzene rings is 4. The smallest absolute Gasteiger partial charge is 0.303 e. The van der Waals surface area contributed by atoms with Crippen LogP contribution in [0.4, 0.5) is 0 Å². The number of rotatable bonds is 41. The lowest BCUT2D eigenvalue weighted by molar-refractivity contribution is -0.140. The fourth-order valence-electron chi connectivity index (χ4n) is 12.8. The van der Waals surface area contributed by atoms with Gasteiger partial charge in [0.05, 0.1) is 18.9 Å². The number of carbonyl (C=O) groups excluding carboxylic acids is 17. The maximum Gasteiger partial charge on any atom is 0.303 e. The van der Waals surface area contributed by atoms with Crippen molar-refractivity contribution in [3.8, 4) is 5.75 Å². The van der Waals surface area contributed by atoms with Gasteiger partial charge >= 0.3 is 5.97 Å². The van der Waals surface area contributed by atoms with Crippen molar-refractivity contribution in [2.75, 3.05) is 31.2 Å². The van der Waals surface area contributed by atoms with Crippen LogP contribution in [-0.4, -0.2) is 231 Å². The molecular weight excluding hydrogens is 1590 g/mol. The molecule has 0 unspecified atom stereocenters. The zero-order chi connectivity index (χ0) is 88.5. The number of fused-ring (bicyclic) bond motifs is 2. The van der Waals surface area contributed by atoms with E-state index in [0.29, 0.717) is 38.7 Å². The highest BCUT2D eigenvalue weighted by Crippen LogP contribution is 2.24. The van der Waals surface area contributed by atoms with E-state index >= 15 is 28.8 Å². The Kier molecular flexibility index (Phi) is 37.6. The number of carboxylic acid groups (broad SMARTS) is 1. The summed E-state index contributed by atoms with van der Waals surface area (Å²) in [6.45, 7) is 3.76. The van der Waals surface area contributed by atoms with Gasteiger partial charge in [-0.25, -0.2) is 0 Å². The predicted molar refractivity (Wildman–Crippen MR) is 435 cm³/mol. The molecule has 0 aliphatic carbocycles. The van der Waals surface area contributed by atoms with Crippen LogP contribution in [0.2, 0.25) is 0 Å². The number of thioether (sulfide) groups is 1. The van der Waals surface area contributed by atoms with E-state index in [2.05, 4.69) is 68.8 Å². The highest BCUT2D eigenvalue weighted by Gasteiger charge is 2.42. The van der Waals surface area contributed by atoms with Crippen LogP contribution in [0.15, 0.2) is 97.2 Å². The van der Waals surface area contributed by atoms with Crippen LogP contribution >= 0.6 is 11.8 Å². The number of carbonyl (C=O) groups is 18. The number of aromatic nitrogens is 1. The maximum atomic E-state index is 15.7. The molecule has 4 aromatic carbocycles. The number of aliphatic carboxylic acids is 1. The van der Waals surface area contributed by atoms with Crippen LogP contribution in [0.25, 0.3) is 21.7 Å². The van der Waals surface area contributed by atoms with Crippen LogP contribution in [0, 0.1) is 0 Å². The number of primary amides is 5. The van der Waals surface area contributed by atoms with Gasteiger partial charge in [-0.3, -0.25) is 86.3 Å². The molecule has 1 aromatic heterocycles. The number of unbranched alkanes of at least 4 members (excludes halogenated alkanes) is 1. The quantitative estimate of drug-likeness (QED) is 0.0162. The molecule has 41 nitrogen and oxygen atoms in total. The molecule has 1 aliphatic rings. The van der Waals surface area contributed by atoms with Crippen molar-refractivity contribution in [1.82, 2.24) is 68.8 Å². The van der Waals surface area contributed by atoms with Crippen LogP contribution in [0.1, 0.15) is 115 Å². The Morgan fingerprint density at radius 2 is 1.14 bits per heavy atom. The van der Waals surface area contributed by atoms with Crippen molar-refractivity contribution in [2.45, 2.75) is 195 Å². The Morgan fingerprint density at radius 1 is 0.583 bits per heavy atom. The summed E-state index contributed by atoms with van der Waals surface area (Å²) in [5.41, 5.74) is 38.4. The molecule has 1 saturated heterocycles. The van der Waals surface area contributed by atoms with Gasteiger partial charge in [0.2, 0.25) is 100 Å². The van der Waals surface area contributed by atoms with Crippen molar-refractivity contribution >= 4 is 140 Å². The number of ether oxygens (including phenoxy) is 1. The fourth-order valence-corrected chi connectivity index (χ4v) is 13.9. The van der Waals surface area contributed by atoms with Crippen molar-refractivity contribution < 1.29 is 101 Å². The molecule has 6 rings (SSSR count). The van der Waals surface area contributed by atoms with E-state index in [1.165, 1.54) is 19.1 Å². The predicted octanol–water partition coefficient (Wildman–Crippen LogP) is -5.81. The van der Waals surface area contributed by atoms with Gasteiger partial charge in [0.15, 0.2) is 0 Å². The molecule has 1 fully saturated rings. The average Bonchev–Trinajstić information content (AvgIpc) is 1.12. The average molecular weight is 1690 g/mol. The van der Waals surface area contributed by atoms with E-state index in [9.17, 15) is 67.7 Å². The van der Waals surface area contributed by atoms with E-state index in [-0.39, 0.29) is 64.0 Å². The Morgan fingerprint density at radius 3 is 1.76 bits per heavy atom. The van der Waals surface area contributed by atoms with E-state index in [0.717, 1.165) is 31.0 Å². The first-order valence-corrected chi connectivity index (χ1v) is 39.7. The molecule has 0 bridgehead atoms.